The third-order valence-electron chi connectivity index (χ3n) is 6.43. The van der Waals surface area contributed by atoms with Crippen LogP contribution >= 0.6 is 11.3 Å². The van der Waals surface area contributed by atoms with Crippen molar-refractivity contribution in [3.8, 4) is 5.75 Å². The Labute approximate surface area is 209 Å². The summed E-state index contributed by atoms with van der Waals surface area (Å²) in [4.78, 5) is 30.4. The molecule has 35 heavy (non-hydrogen) atoms. The SMILES string of the molecule is COc1ccc(NCCNC(=O)C(CC2CCCCC2)NC(=O)c2ccc3nc(N)sc3c2)cc1. The summed E-state index contributed by atoms with van der Waals surface area (Å²) in [5, 5.41) is 9.73. The number of ether oxygens (including phenoxy) is 1. The van der Waals surface area contributed by atoms with E-state index in [1.54, 1.807) is 25.3 Å². The molecule has 1 atom stereocenters. The van der Waals surface area contributed by atoms with Crippen molar-refractivity contribution in [2.24, 2.45) is 5.92 Å². The third kappa shape index (κ3) is 6.85. The second kappa shape index (κ2) is 11.9. The summed E-state index contributed by atoms with van der Waals surface area (Å²) in [6.07, 6.45) is 6.47. The molecule has 4 rings (SSSR count). The van der Waals surface area contributed by atoms with E-state index in [4.69, 9.17) is 10.5 Å². The average molecular weight is 496 g/mol. The number of carbonyl (C=O) groups excluding carboxylic acids is 2. The molecule has 1 aromatic heterocycles. The van der Waals surface area contributed by atoms with E-state index in [1.165, 1.54) is 30.6 Å². The highest BCUT2D eigenvalue weighted by Gasteiger charge is 2.26. The average Bonchev–Trinajstić information content (AvgIpc) is 3.26. The van der Waals surface area contributed by atoms with Gasteiger partial charge in [0.2, 0.25) is 5.91 Å². The van der Waals surface area contributed by atoms with Crippen LogP contribution in [0, 0.1) is 5.92 Å². The smallest absolute Gasteiger partial charge is 0.251 e. The predicted molar refractivity (Wildman–Crippen MR) is 141 cm³/mol. The number of nitrogen functional groups attached to an aromatic ring is 1. The Hall–Kier alpha value is -3.33. The summed E-state index contributed by atoms with van der Waals surface area (Å²) in [5.41, 5.74) is 8.01. The van der Waals surface area contributed by atoms with Crippen LogP contribution in [0.1, 0.15) is 48.9 Å². The number of nitrogens with one attached hydrogen (secondary N) is 3. The molecular weight excluding hydrogens is 462 g/mol. The number of aromatic nitrogens is 1. The van der Waals surface area contributed by atoms with E-state index in [9.17, 15) is 9.59 Å². The predicted octanol–water partition coefficient (Wildman–Crippen LogP) is 4.18. The molecule has 1 aliphatic carbocycles. The topological polar surface area (TPSA) is 118 Å². The summed E-state index contributed by atoms with van der Waals surface area (Å²) in [5.74, 6) is 0.832. The van der Waals surface area contributed by atoms with Crippen LogP contribution in [0.25, 0.3) is 10.2 Å². The molecule has 1 unspecified atom stereocenters. The molecule has 9 heteroatoms. The summed E-state index contributed by atoms with van der Waals surface area (Å²) < 4.78 is 6.03. The van der Waals surface area contributed by atoms with E-state index in [1.807, 2.05) is 24.3 Å². The Morgan fingerprint density at radius 3 is 2.63 bits per heavy atom. The summed E-state index contributed by atoms with van der Waals surface area (Å²) in [6, 6.07) is 12.4. The fourth-order valence-electron chi connectivity index (χ4n) is 4.54. The Morgan fingerprint density at radius 1 is 1.11 bits per heavy atom. The van der Waals surface area contributed by atoms with E-state index in [2.05, 4.69) is 20.9 Å². The molecule has 1 heterocycles. The number of nitrogens with zero attached hydrogens (tertiary/aromatic N) is 1. The van der Waals surface area contributed by atoms with Gasteiger partial charge in [0.25, 0.3) is 5.91 Å². The van der Waals surface area contributed by atoms with Crippen molar-refractivity contribution in [2.45, 2.75) is 44.6 Å². The molecule has 0 radical (unpaired) electrons. The van der Waals surface area contributed by atoms with Gasteiger partial charge in [0, 0.05) is 24.3 Å². The minimum absolute atomic E-state index is 0.149. The number of hydrogen-bond donors (Lipinski definition) is 4. The summed E-state index contributed by atoms with van der Waals surface area (Å²) in [7, 11) is 1.63. The molecule has 186 valence electrons. The molecule has 1 fully saturated rings. The number of benzene rings is 2. The van der Waals surface area contributed by atoms with Gasteiger partial charge in [-0.1, -0.05) is 43.4 Å². The number of methoxy groups -OCH3 is 1. The van der Waals surface area contributed by atoms with Crippen molar-refractivity contribution < 1.29 is 14.3 Å². The highest BCUT2D eigenvalue weighted by atomic mass is 32.1. The maximum absolute atomic E-state index is 13.1. The first-order valence-electron chi connectivity index (χ1n) is 12.1. The van der Waals surface area contributed by atoms with Gasteiger partial charge in [-0.25, -0.2) is 4.98 Å². The number of anilines is 2. The van der Waals surface area contributed by atoms with Crippen molar-refractivity contribution in [3.63, 3.8) is 0 Å². The van der Waals surface area contributed by atoms with E-state index in [0.29, 0.717) is 36.1 Å². The molecular formula is C26H33N5O3S. The highest BCUT2D eigenvalue weighted by Crippen LogP contribution is 2.28. The maximum Gasteiger partial charge on any atom is 0.251 e. The molecule has 0 aliphatic heterocycles. The van der Waals surface area contributed by atoms with Crippen molar-refractivity contribution in [1.82, 2.24) is 15.6 Å². The lowest BCUT2D eigenvalue weighted by Gasteiger charge is -2.26. The van der Waals surface area contributed by atoms with Crippen LogP contribution in [0.15, 0.2) is 42.5 Å². The molecule has 1 aliphatic rings. The lowest BCUT2D eigenvalue weighted by atomic mass is 9.84. The molecule has 2 aromatic carbocycles. The number of nitrogens with two attached hydrogens (primary N) is 1. The standard InChI is InChI=1S/C26H33N5O3S/c1-34-20-10-8-19(9-11-20)28-13-14-29-25(33)22(15-17-5-3-2-4-6-17)30-24(32)18-7-12-21-23(16-18)35-26(27)31-21/h7-12,16-17,22,28H,2-6,13-15H2,1H3,(H2,27,31)(H,29,33)(H,30,32). The molecule has 0 saturated heterocycles. The van der Waals surface area contributed by atoms with E-state index >= 15 is 0 Å². The van der Waals surface area contributed by atoms with Gasteiger partial charge in [-0.2, -0.15) is 0 Å². The van der Waals surface area contributed by atoms with Crippen LogP contribution in [-0.2, 0) is 4.79 Å². The molecule has 8 nitrogen and oxygen atoms in total. The molecule has 2 amide bonds. The Morgan fingerprint density at radius 2 is 1.89 bits per heavy atom. The number of fused-ring (bicyclic) bond motifs is 1. The first-order valence-corrected chi connectivity index (χ1v) is 13.0. The van der Waals surface area contributed by atoms with E-state index < -0.39 is 6.04 Å². The number of rotatable bonds is 10. The van der Waals surface area contributed by atoms with Crippen molar-refractivity contribution >= 4 is 44.2 Å². The monoisotopic (exact) mass is 495 g/mol. The van der Waals surface area contributed by atoms with Crippen LogP contribution in [-0.4, -0.2) is 43.0 Å². The Balaban J connectivity index is 1.35. The van der Waals surface area contributed by atoms with Gasteiger partial charge in [-0.05, 0) is 54.8 Å². The fraction of sp³-hybridized carbons (Fsp3) is 0.423. The van der Waals surface area contributed by atoms with Gasteiger partial charge < -0.3 is 26.4 Å². The first-order chi connectivity index (χ1) is 17.0. The first kappa shape index (κ1) is 24.8. The van der Waals surface area contributed by atoms with Crippen molar-refractivity contribution in [1.29, 1.82) is 0 Å². The zero-order chi connectivity index (χ0) is 24.6. The maximum atomic E-state index is 13.1. The molecule has 0 bridgehead atoms. The molecule has 3 aromatic rings. The van der Waals surface area contributed by atoms with E-state index in [0.717, 1.165) is 34.5 Å². The Bertz CT molecular complexity index is 1140. The van der Waals surface area contributed by atoms with Crippen LogP contribution in [0.2, 0.25) is 0 Å². The molecule has 5 N–H and O–H groups in total. The van der Waals surface area contributed by atoms with Crippen molar-refractivity contribution in [3.05, 3.63) is 48.0 Å². The number of hydrogen-bond acceptors (Lipinski definition) is 7. The lowest BCUT2D eigenvalue weighted by Crippen LogP contribution is -2.48. The highest BCUT2D eigenvalue weighted by molar-refractivity contribution is 7.22. The summed E-state index contributed by atoms with van der Waals surface area (Å²) >= 11 is 1.34. The third-order valence-corrected chi connectivity index (χ3v) is 7.27. The normalized spacial score (nSPS) is 14.9. The van der Waals surface area contributed by atoms with Crippen LogP contribution in [0.4, 0.5) is 10.8 Å². The molecule has 1 saturated carbocycles. The minimum atomic E-state index is -0.575. The van der Waals surface area contributed by atoms with Crippen LogP contribution < -0.4 is 26.4 Å². The quantitative estimate of drug-likeness (QED) is 0.313. The van der Waals surface area contributed by atoms with Gasteiger partial charge in [0.15, 0.2) is 5.13 Å². The number of carbonyl (C=O) groups is 2. The van der Waals surface area contributed by atoms with Crippen LogP contribution in [0.5, 0.6) is 5.75 Å². The second-order valence-corrected chi connectivity index (χ2v) is 10.0. The lowest BCUT2D eigenvalue weighted by molar-refractivity contribution is -0.123. The van der Waals surface area contributed by atoms with Gasteiger partial charge >= 0.3 is 0 Å². The largest absolute Gasteiger partial charge is 0.497 e. The number of amides is 2. The molecule has 0 spiro atoms. The van der Waals surface area contributed by atoms with Gasteiger partial charge in [-0.3, -0.25) is 9.59 Å². The van der Waals surface area contributed by atoms with Gasteiger partial charge in [-0.15, -0.1) is 0 Å². The second-order valence-electron chi connectivity index (χ2n) is 8.95. The summed E-state index contributed by atoms with van der Waals surface area (Å²) in [6.45, 7) is 1.03. The Kier molecular flexibility index (Phi) is 8.41. The zero-order valence-electron chi connectivity index (χ0n) is 20.0. The fourth-order valence-corrected chi connectivity index (χ4v) is 5.31. The zero-order valence-corrected chi connectivity index (χ0v) is 20.8. The van der Waals surface area contributed by atoms with E-state index in [-0.39, 0.29) is 11.8 Å². The van der Waals surface area contributed by atoms with Gasteiger partial charge in [0.1, 0.15) is 11.8 Å². The van der Waals surface area contributed by atoms with Crippen molar-refractivity contribution in [2.75, 3.05) is 31.2 Å². The van der Waals surface area contributed by atoms with Crippen LogP contribution in [0.3, 0.4) is 0 Å². The number of thiazole rings is 1. The van der Waals surface area contributed by atoms with Gasteiger partial charge in [0.05, 0.1) is 17.3 Å². The minimum Gasteiger partial charge on any atom is -0.497 e.